The minimum Gasteiger partial charge on any atom is -0.374 e. The van der Waals surface area contributed by atoms with Gasteiger partial charge in [0.25, 0.3) is 0 Å². The fourth-order valence-electron chi connectivity index (χ4n) is 2.24. The molecule has 0 spiro atoms. The van der Waals surface area contributed by atoms with Gasteiger partial charge >= 0.3 is 5.69 Å². The van der Waals surface area contributed by atoms with E-state index in [9.17, 15) is 14.5 Å². The van der Waals surface area contributed by atoms with Gasteiger partial charge in [0, 0.05) is 27.0 Å². The molecule has 3 rings (SSSR count). The molecule has 0 amide bonds. The van der Waals surface area contributed by atoms with Gasteiger partial charge in [-0.15, -0.1) is 10.2 Å². The van der Waals surface area contributed by atoms with Gasteiger partial charge in [-0.3, -0.25) is 10.1 Å². The number of hydrogen-bond acceptors (Lipinski definition) is 7. The van der Waals surface area contributed by atoms with Crippen molar-refractivity contribution in [3.8, 4) is 10.6 Å². The molecule has 10 heteroatoms. The molecule has 0 aliphatic rings. The van der Waals surface area contributed by atoms with Gasteiger partial charge in [0.1, 0.15) is 0 Å². The summed E-state index contributed by atoms with van der Waals surface area (Å²) in [6.45, 7) is 1.91. The Labute approximate surface area is 159 Å². The van der Waals surface area contributed by atoms with Gasteiger partial charge in [0.2, 0.25) is 10.9 Å². The van der Waals surface area contributed by atoms with Crippen LogP contribution in [0, 0.1) is 26.4 Å². The highest BCUT2D eigenvalue weighted by Gasteiger charge is 2.21. The summed E-state index contributed by atoms with van der Waals surface area (Å²) >= 11 is 3.26. The minimum absolute atomic E-state index is 0.221. The van der Waals surface area contributed by atoms with Crippen molar-refractivity contribution in [3.63, 3.8) is 0 Å². The molecule has 25 heavy (non-hydrogen) atoms. The summed E-state index contributed by atoms with van der Waals surface area (Å²) in [5.74, 6) is -0.933. The maximum Gasteiger partial charge on any atom is 0.305 e. The van der Waals surface area contributed by atoms with Crippen LogP contribution in [0.4, 0.5) is 26.6 Å². The molecule has 1 heterocycles. The lowest BCUT2D eigenvalue weighted by molar-refractivity contribution is -0.387. The van der Waals surface area contributed by atoms with E-state index >= 15 is 0 Å². The van der Waals surface area contributed by atoms with E-state index < -0.39 is 16.4 Å². The lowest BCUT2D eigenvalue weighted by atomic mass is 10.1. The third-order valence-corrected chi connectivity index (χ3v) is 4.87. The lowest BCUT2D eigenvalue weighted by Gasteiger charge is -2.13. The van der Waals surface area contributed by atoms with Crippen LogP contribution in [-0.2, 0) is 0 Å². The Morgan fingerprint density at radius 2 is 2.04 bits per heavy atom. The number of anilines is 3. The molecule has 0 bridgehead atoms. The molecule has 0 fully saturated rings. The number of nitrogen functional groups attached to an aromatic ring is 1. The number of nitrogens with zero attached hydrogens (tertiary/aromatic N) is 3. The molecule has 0 radical (unpaired) electrons. The SMILES string of the molecule is Cc1cc(I)ccc1Nc1cc(F)c([N+](=O)[O-])cc1-c1nnc(N)s1. The number of nitro benzene ring substituents is 1. The smallest absolute Gasteiger partial charge is 0.305 e. The van der Waals surface area contributed by atoms with Gasteiger partial charge in [-0.25, -0.2) is 0 Å². The Morgan fingerprint density at radius 1 is 1.28 bits per heavy atom. The van der Waals surface area contributed by atoms with Crippen LogP contribution in [0.1, 0.15) is 5.56 Å². The molecular weight excluding hydrogens is 460 g/mol. The van der Waals surface area contributed by atoms with Gasteiger partial charge in [0.05, 0.1) is 10.6 Å². The normalized spacial score (nSPS) is 10.7. The number of rotatable bonds is 4. The number of nitro groups is 1. The van der Waals surface area contributed by atoms with E-state index in [-0.39, 0.29) is 5.13 Å². The van der Waals surface area contributed by atoms with Crippen molar-refractivity contribution in [2.24, 2.45) is 0 Å². The Balaban J connectivity index is 2.14. The van der Waals surface area contributed by atoms with E-state index in [0.29, 0.717) is 16.3 Å². The summed E-state index contributed by atoms with van der Waals surface area (Å²) < 4.78 is 15.2. The summed E-state index contributed by atoms with van der Waals surface area (Å²) in [6.07, 6.45) is 0. The lowest BCUT2D eigenvalue weighted by Crippen LogP contribution is -2.00. The summed E-state index contributed by atoms with van der Waals surface area (Å²) in [5, 5.41) is 22.4. The van der Waals surface area contributed by atoms with Crippen LogP contribution in [0.5, 0.6) is 0 Å². The minimum atomic E-state index is -0.933. The van der Waals surface area contributed by atoms with Gasteiger partial charge in [-0.2, -0.15) is 4.39 Å². The predicted molar refractivity (Wildman–Crippen MR) is 104 cm³/mol. The van der Waals surface area contributed by atoms with Crippen LogP contribution in [-0.4, -0.2) is 15.1 Å². The van der Waals surface area contributed by atoms with Crippen molar-refractivity contribution in [2.45, 2.75) is 6.92 Å². The molecular formula is C15H11FIN5O2S. The van der Waals surface area contributed by atoms with Crippen molar-refractivity contribution in [1.82, 2.24) is 10.2 Å². The predicted octanol–water partition coefficient (Wildman–Crippen LogP) is 4.49. The fraction of sp³-hybridized carbons (Fsp3) is 0.0667. The highest BCUT2D eigenvalue weighted by atomic mass is 127. The van der Waals surface area contributed by atoms with Crippen molar-refractivity contribution in [3.05, 3.63) is 55.4 Å². The summed E-state index contributed by atoms with van der Waals surface area (Å²) in [6, 6.07) is 7.95. The Hall–Kier alpha value is -2.34. The average Bonchev–Trinajstić information content (AvgIpc) is 2.96. The Bertz CT molecular complexity index is 979. The maximum absolute atomic E-state index is 14.1. The van der Waals surface area contributed by atoms with Crippen LogP contribution in [0.3, 0.4) is 0 Å². The van der Waals surface area contributed by atoms with Crippen LogP contribution < -0.4 is 11.1 Å². The zero-order chi connectivity index (χ0) is 18.1. The monoisotopic (exact) mass is 471 g/mol. The number of nitrogens with two attached hydrogens (primary N) is 1. The van der Waals surface area contributed by atoms with E-state index in [1.807, 2.05) is 25.1 Å². The van der Waals surface area contributed by atoms with Gasteiger partial charge < -0.3 is 11.1 Å². The first kappa shape index (κ1) is 17.5. The van der Waals surface area contributed by atoms with Crippen molar-refractivity contribution < 1.29 is 9.31 Å². The number of halogens is 2. The number of aromatic nitrogens is 2. The van der Waals surface area contributed by atoms with E-state index in [0.717, 1.165) is 38.3 Å². The second-order valence-electron chi connectivity index (χ2n) is 5.14. The number of hydrogen-bond donors (Lipinski definition) is 2. The first-order valence-corrected chi connectivity index (χ1v) is 8.85. The Kier molecular flexibility index (Phi) is 4.81. The topological polar surface area (TPSA) is 107 Å². The standard InChI is InChI=1S/C15H11FIN5O2S/c1-7-4-8(17)2-3-11(7)19-12-6-10(16)13(22(23)24)5-9(12)14-20-21-15(18)25-14/h2-6,19H,1H3,(H2,18,21). The zero-order valence-corrected chi connectivity index (χ0v) is 15.8. The average molecular weight is 471 g/mol. The van der Waals surface area contributed by atoms with Crippen molar-refractivity contribution in [1.29, 1.82) is 0 Å². The molecule has 7 nitrogen and oxygen atoms in total. The maximum atomic E-state index is 14.1. The molecule has 128 valence electrons. The quantitative estimate of drug-likeness (QED) is 0.330. The first-order valence-electron chi connectivity index (χ1n) is 6.95. The number of aryl methyl sites for hydroxylation is 1. The molecule has 0 aliphatic heterocycles. The third kappa shape index (κ3) is 3.69. The van der Waals surface area contributed by atoms with Crippen molar-refractivity contribution >= 4 is 56.1 Å². The third-order valence-electron chi connectivity index (χ3n) is 3.41. The van der Waals surface area contributed by atoms with Gasteiger partial charge in [0.15, 0.2) is 5.01 Å². The molecule has 0 aliphatic carbocycles. The van der Waals surface area contributed by atoms with Crippen LogP contribution in [0.15, 0.2) is 30.3 Å². The summed E-state index contributed by atoms with van der Waals surface area (Å²) in [5.41, 5.74) is 7.39. The molecule has 0 saturated heterocycles. The largest absolute Gasteiger partial charge is 0.374 e. The van der Waals surface area contributed by atoms with E-state index in [4.69, 9.17) is 5.73 Å². The van der Waals surface area contributed by atoms with Gasteiger partial charge in [-0.1, -0.05) is 11.3 Å². The fourth-order valence-corrected chi connectivity index (χ4v) is 3.53. The van der Waals surface area contributed by atoms with E-state index in [2.05, 4.69) is 38.1 Å². The molecule has 2 aromatic carbocycles. The van der Waals surface area contributed by atoms with Crippen LogP contribution in [0.2, 0.25) is 0 Å². The first-order chi connectivity index (χ1) is 11.8. The molecule has 0 atom stereocenters. The number of benzene rings is 2. The zero-order valence-electron chi connectivity index (χ0n) is 12.8. The second-order valence-corrected chi connectivity index (χ2v) is 7.39. The van der Waals surface area contributed by atoms with Crippen LogP contribution >= 0.6 is 33.9 Å². The van der Waals surface area contributed by atoms with E-state index in [1.54, 1.807) is 0 Å². The molecule has 1 aromatic heterocycles. The molecule has 3 N–H and O–H groups in total. The molecule has 3 aromatic rings. The second kappa shape index (κ2) is 6.88. The highest BCUT2D eigenvalue weighted by Crippen LogP contribution is 2.37. The molecule has 0 unspecified atom stereocenters. The highest BCUT2D eigenvalue weighted by molar-refractivity contribution is 14.1. The summed E-state index contributed by atoms with van der Waals surface area (Å²) in [7, 11) is 0. The number of nitrogens with one attached hydrogen (secondary N) is 1. The Morgan fingerprint density at radius 3 is 2.64 bits per heavy atom. The van der Waals surface area contributed by atoms with E-state index in [1.165, 1.54) is 0 Å². The van der Waals surface area contributed by atoms with Gasteiger partial charge in [-0.05, 0) is 53.3 Å². The van der Waals surface area contributed by atoms with Crippen molar-refractivity contribution in [2.75, 3.05) is 11.1 Å². The molecule has 0 saturated carbocycles. The van der Waals surface area contributed by atoms with Crippen LogP contribution in [0.25, 0.3) is 10.6 Å². The summed E-state index contributed by atoms with van der Waals surface area (Å²) in [4.78, 5) is 10.3.